The Hall–Kier alpha value is 0.690. The monoisotopic (exact) mass is 269 g/mol. The van der Waals surface area contributed by atoms with Gasteiger partial charge in [0.15, 0.2) is 0 Å². The third-order valence-electron chi connectivity index (χ3n) is 2.25. The van der Waals surface area contributed by atoms with Crippen LogP contribution in [-0.4, -0.2) is 22.5 Å². The number of hydrogen-bond donors (Lipinski definition) is 0. The molecule has 0 aliphatic heterocycles. The lowest BCUT2D eigenvalue weighted by Gasteiger charge is -2.18. The van der Waals surface area contributed by atoms with Crippen LogP contribution in [0.1, 0.15) is 33.6 Å². The molecule has 0 aliphatic carbocycles. The van der Waals surface area contributed by atoms with Crippen molar-refractivity contribution in [2.45, 2.75) is 33.6 Å². The Balaban J connectivity index is 3.34. The van der Waals surface area contributed by atoms with Crippen molar-refractivity contribution in [2.24, 2.45) is 5.92 Å². The molecule has 11 heavy (non-hydrogen) atoms. The standard InChI is InChI=1S/C9H20IN/c1-4-9(3)6-7-11(5-2)8-10/h9H,4-8H2,1-3H3. The van der Waals surface area contributed by atoms with Gasteiger partial charge in [-0.1, -0.05) is 49.8 Å². The molecule has 0 aromatic carbocycles. The Morgan fingerprint density at radius 3 is 2.36 bits per heavy atom. The second-order valence-corrected chi connectivity index (χ2v) is 3.81. The fourth-order valence-corrected chi connectivity index (χ4v) is 1.73. The fraction of sp³-hybridized carbons (Fsp3) is 1.00. The van der Waals surface area contributed by atoms with E-state index < -0.39 is 0 Å². The van der Waals surface area contributed by atoms with Gasteiger partial charge in [-0.05, 0) is 25.4 Å². The highest BCUT2D eigenvalue weighted by Gasteiger charge is 2.02. The van der Waals surface area contributed by atoms with E-state index in [2.05, 4.69) is 48.3 Å². The number of alkyl halides is 1. The van der Waals surface area contributed by atoms with Gasteiger partial charge in [0.05, 0.1) is 4.55 Å². The van der Waals surface area contributed by atoms with E-state index in [0.29, 0.717) is 0 Å². The van der Waals surface area contributed by atoms with Gasteiger partial charge in [0, 0.05) is 0 Å². The Bertz CT molecular complexity index is 81.6. The third kappa shape index (κ3) is 5.91. The summed E-state index contributed by atoms with van der Waals surface area (Å²) in [6.07, 6.45) is 2.67. The molecule has 1 atom stereocenters. The van der Waals surface area contributed by atoms with E-state index >= 15 is 0 Å². The molecule has 0 bridgehead atoms. The largest absolute Gasteiger partial charge is 0.294 e. The number of hydrogen-bond acceptors (Lipinski definition) is 1. The van der Waals surface area contributed by atoms with Gasteiger partial charge >= 0.3 is 0 Å². The summed E-state index contributed by atoms with van der Waals surface area (Å²) in [5.74, 6) is 0.895. The van der Waals surface area contributed by atoms with Gasteiger partial charge in [0.25, 0.3) is 0 Å². The van der Waals surface area contributed by atoms with E-state index in [1.54, 1.807) is 0 Å². The predicted molar refractivity (Wildman–Crippen MR) is 60.2 cm³/mol. The molecule has 1 unspecified atom stereocenters. The predicted octanol–water partition coefficient (Wildman–Crippen LogP) is 3.14. The lowest BCUT2D eigenvalue weighted by Crippen LogP contribution is -2.23. The number of rotatable bonds is 6. The first kappa shape index (κ1) is 11.7. The highest BCUT2D eigenvalue weighted by molar-refractivity contribution is 14.1. The van der Waals surface area contributed by atoms with Gasteiger partial charge in [-0.15, -0.1) is 0 Å². The molecule has 0 aromatic heterocycles. The molecule has 0 spiro atoms. The van der Waals surface area contributed by atoms with Gasteiger partial charge in [-0.2, -0.15) is 0 Å². The summed E-state index contributed by atoms with van der Waals surface area (Å²) in [7, 11) is 0. The average molecular weight is 269 g/mol. The van der Waals surface area contributed by atoms with Crippen LogP contribution in [0.4, 0.5) is 0 Å². The minimum absolute atomic E-state index is 0.895. The van der Waals surface area contributed by atoms with Crippen molar-refractivity contribution < 1.29 is 0 Å². The van der Waals surface area contributed by atoms with Crippen LogP contribution >= 0.6 is 22.6 Å². The van der Waals surface area contributed by atoms with Gasteiger partial charge < -0.3 is 0 Å². The van der Waals surface area contributed by atoms with Crippen molar-refractivity contribution in [3.05, 3.63) is 0 Å². The second kappa shape index (κ2) is 7.35. The third-order valence-corrected chi connectivity index (χ3v) is 3.22. The molecule has 0 aliphatic rings. The van der Waals surface area contributed by atoms with Crippen LogP contribution in [0.2, 0.25) is 0 Å². The van der Waals surface area contributed by atoms with Crippen molar-refractivity contribution in [1.82, 2.24) is 4.90 Å². The fourth-order valence-electron chi connectivity index (χ4n) is 0.909. The Morgan fingerprint density at radius 1 is 1.36 bits per heavy atom. The minimum atomic E-state index is 0.895. The maximum Gasteiger partial charge on any atom is 0.0505 e. The number of nitrogens with zero attached hydrogens (tertiary/aromatic N) is 1. The Morgan fingerprint density at radius 2 is 2.00 bits per heavy atom. The van der Waals surface area contributed by atoms with Crippen LogP contribution in [0.25, 0.3) is 0 Å². The van der Waals surface area contributed by atoms with Gasteiger partial charge in [-0.25, -0.2) is 0 Å². The quantitative estimate of drug-likeness (QED) is 0.407. The molecular formula is C9H20IN. The molecule has 0 N–H and O–H groups in total. The zero-order valence-electron chi connectivity index (χ0n) is 7.94. The van der Waals surface area contributed by atoms with Crippen molar-refractivity contribution in [1.29, 1.82) is 0 Å². The van der Waals surface area contributed by atoms with E-state index in [-0.39, 0.29) is 0 Å². The van der Waals surface area contributed by atoms with Gasteiger partial charge in [0.2, 0.25) is 0 Å². The molecule has 0 rings (SSSR count). The smallest absolute Gasteiger partial charge is 0.0505 e. The molecular weight excluding hydrogens is 249 g/mol. The first-order valence-electron chi connectivity index (χ1n) is 4.52. The van der Waals surface area contributed by atoms with Crippen molar-refractivity contribution in [2.75, 3.05) is 17.6 Å². The summed E-state index contributed by atoms with van der Waals surface area (Å²) in [4.78, 5) is 2.48. The van der Waals surface area contributed by atoms with Gasteiger partial charge in [-0.3, -0.25) is 4.90 Å². The minimum Gasteiger partial charge on any atom is -0.294 e. The van der Waals surface area contributed by atoms with Crippen LogP contribution in [0.3, 0.4) is 0 Å². The van der Waals surface area contributed by atoms with Crippen LogP contribution in [0.15, 0.2) is 0 Å². The van der Waals surface area contributed by atoms with E-state index in [0.717, 1.165) is 5.92 Å². The highest BCUT2D eigenvalue weighted by atomic mass is 127. The van der Waals surface area contributed by atoms with Crippen molar-refractivity contribution in [3.63, 3.8) is 0 Å². The van der Waals surface area contributed by atoms with Crippen LogP contribution < -0.4 is 0 Å². The number of halogens is 1. The summed E-state index contributed by atoms with van der Waals surface area (Å²) >= 11 is 2.43. The van der Waals surface area contributed by atoms with E-state index in [9.17, 15) is 0 Å². The van der Waals surface area contributed by atoms with Gasteiger partial charge in [0.1, 0.15) is 0 Å². The maximum atomic E-state index is 2.48. The molecule has 68 valence electrons. The molecule has 0 saturated heterocycles. The van der Waals surface area contributed by atoms with Crippen LogP contribution in [0.5, 0.6) is 0 Å². The Kier molecular flexibility index (Phi) is 7.81. The van der Waals surface area contributed by atoms with E-state index in [1.165, 1.54) is 30.5 Å². The molecule has 0 amide bonds. The first-order valence-corrected chi connectivity index (χ1v) is 6.05. The molecule has 0 aromatic rings. The Labute approximate surface area is 84.7 Å². The zero-order chi connectivity index (χ0) is 8.69. The maximum absolute atomic E-state index is 2.48. The topological polar surface area (TPSA) is 3.24 Å². The van der Waals surface area contributed by atoms with Crippen molar-refractivity contribution in [3.8, 4) is 0 Å². The molecule has 2 heteroatoms. The first-order chi connectivity index (χ1) is 5.24. The lowest BCUT2D eigenvalue weighted by atomic mass is 10.1. The summed E-state index contributed by atoms with van der Waals surface area (Å²) in [5, 5.41) is 0. The molecule has 0 radical (unpaired) electrons. The lowest BCUT2D eigenvalue weighted by molar-refractivity contribution is 0.312. The normalized spacial score (nSPS) is 13.9. The molecule has 0 saturated carbocycles. The average Bonchev–Trinajstić information content (AvgIpc) is 2.06. The molecule has 0 heterocycles. The summed E-state index contributed by atoms with van der Waals surface area (Å²) in [6, 6.07) is 0. The van der Waals surface area contributed by atoms with E-state index in [1.807, 2.05) is 0 Å². The zero-order valence-corrected chi connectivity index (χ0v) is 10.1. The molecule has 0 fully saturated rings. The van der Waals surface area contributed by atoms with Crippen LogP contribution in [-0.2, 0) is 0 Å². The second-order valence-electron chi connectivity index (χ2n) is 3.13. The molecule has 1 nitrogen and oxygen atoms in total. The SMILES string of the molecule is CCC(C)CCN(CC)CI. The van der Waals surface area contributed by atoms with E-state index in [4.69, 9.17) is 0 Å². The summed E-state index contributed by atoms with van der Waals surface area (Å²) in [6.45, 7) is 9.30. The highest BCUT2D eigenvalue weighted by Crippen LogP contribution is 2.07. The summed E-state index contributed by atoms with van der Waals surface area (Å²) in [5.41, 5.74) is 0. The van der Waals surface area contributed by atoms with Crippen LogP contribution in [0, 0.1) is 5.92 Å². The van der Waals surface area contributed by atoms with Crippen molar-refractivity contribution >= 4 is 22.6 Å². The summed E-state index contributed by atoms with van der Waals surface area (Å²) < 4.78 is 1.17.